The summed E-state index contributed by atoms with van der Waals surface area (Å²) in [6.45, 7) is 2.13. The van der Waals surface area contributed by atoms with Crippen LogP contribution < -0.4 is 4.57 Å². The standard InChI is InChI=1S/C35H33N2O/c1-22-9-17-29-30-18-16-28(21-36)33(35(30)38-34(29)32(22)31-8-3-4-19-37(31)2)25-13-10-24(11-14-25)27-15-12-23-6-5-7-26(23)20-27/h3-4,8-11,13-14,16-19,23,26-27H,5-7,12,15,20H2,1-2H3/q+1. The van der Waals surface area contributed by atoms with E-state index >= 15 is 0 Å². The molecule has 0 amide bonds. The van der Waals surface area contributed by atoms with E-state index in [1.807, 2.05) is 18.2 Å². The highest BCUT2D eigenvalue weighted by atomic mass is 16.3. The normalized spacial score (nSPS) is 21.0. The Kier molecular flexibility index (Phi) is 5.59. The van der Waals surface area contributed by atoms with Crippen LogP contribution in [0.4, 0.5) is 0 Å². The largest absolute Gasteiger partial charge is 0.454 e. The molecule has 0 saturated heterocycles. The minimum atomic E-state index is 0.652. The zero-order chi connectivity index (χ0) is 25.8. The van der Waals surface area contributed by atoms with Crippen molar-refractivity contribution in [1.82, 2.24) is 0 Å². The summed E-state index contributed by atoms with van der Waals surface area (Å²) in [5.41, 5.74) is 9.10. The van der Waals surface area contributed by atoms with Crippen LogP contribution in [0.15, 0.2) is 77.3 Å². The van der Waals surface area contributed by atoms with E-state index < -0.39 is 0 Å². The molecule has 2 heterocycles. The van der Waals surface area contributed by atoms with E-state index in [1.54, 1.807) is 0 Å². The predicted molar refractivity (Wildman–Crippen MR) is 153 cm³/mol. The van der Waals surface area contributed by atoms with Crippen molar-refractivity contribution in [1.29, 1.82) is 5.26 Å². The fraction of sp³-hybridized carbons (Fsp3) is 0.314. The van der Waals surface area contributed by atoms with E-state index in [2.05, 4.69) is 79.3 Å². The second-order valence-electron chi connectivity index (χ2n) is 11.5. The van der Waals surface area contributed by atoms with Crippen molar-refractivity contribution >= 4 is 21.9 Å². The van der Waals surface area contributed by atoms with Crippen molar-refractivity contribution in [2.75, 3.05) is 0 Å². The number of hydrogen-bond donors (Lipinski definition) is 0. The second-order valence-corrected chi connectivity index (χ2v) is 11.5. The first kappa shape index (κ1) is 23.2. The maximum Gasteiger partial charge on any atom is 0.216 e. The molecule has 2 saturated carbocycles. The molecular weight excluding hydrogens is 464 g/mol. The van der Waals surface area contributed by atoms with Gasteiger partial charge in [0.25, 0.3) is 0 Å². The maximum atomic E-state index is 10.1. The lowest BCUT2D eigenvalue weighted by molar-refractivity contribution is -0.660. The Morgan fingerprint density at radius 2 is 1.58 bits per heavy atom. The molecule has 3 atom stereocenters. The molecule has 0 aliphatic heterocycles. The number of benzene rings is 3. The summed E-state index contributed by atoms with van der Waals surface area (Å²) in [5.74, 6) is 2.56. The number of pyridine rings is 1. The van der Waals surface area contributed by atoms with E-state index in [0.717, 1.165) is 56.2 Å². The highest BCUT2D eigenvalue weighted by molar-refractivity contribution is 6.13. The lowest BCUT2D eigenvalue weighted by Crippen LogP contribution is -2.30. The summed E-state index contributed by atoms with van der Waals surface area (Å²) >= 11 is 0. The van der Waals surface area contributed by atoms with Crippen molar-refractivity contribution in [3.05, 3.63) is 89.6 Å². The van der Waals surface area contributed by atoms with Crippen LogP contribution in [0.1, 0.15) is 61.1 Å². The van der Waals surface area contributed by atoms with E-state index in [-0.39, 0.29) is 0 Å². The topological polar surface area (TPSA) is 40.8 Å². The van der Waals surface area contributed by atoms with Gasteiger partial charge in [-0.2, -0.15) is 5.26 Å². The van der Waals surface area contributed by atoms with Crippen molar-refractivity contribution in [2.45, 2.75) is 51.4 Å². The summed E-state index contributed by atoms with van der Waals surface area (Å²) in [5, 5.41) is 12.2. The monoisotopic (exact) mass is 497 g/mol. The fourth-order valence-corrected chi connectivity index (χ4v) is 7.41. The molecule has 5 aromatic rings. The number of nitriles is 1. The average Bonchev–Trinajstić information content (AvgIpc) is 3.57. The van der Waals surface area contributed by atoms with Gasteiger partial charge in [0, 0.05) is 28.5 Å². The summed E-state index contributed by atoms with van der Waals surface area (Å²) < 4.78 is 8.86. The minimum absolute atomic E-state index is 0.652. The lowest BCUT2D eigenvalue weighted by Gasteiger charge is -2.32. The number of hydrogen-bond acceptors (Lipinski definition) is 2. The molecule has 3 aromatic carbocycles. The maximum absolute atomic E-state index is 10.1. The van der Waals surface area contributed by atoms with Crippen molar-refractivity contribution < 1.29 is 8.98 Å². The number of furan rings is 1. The Morgan fingerprint density at radius 1 is 0.816 bits per heavy atom. The molecule has 2 aromatic heterocycles. The summed E-state index contributed by atoms with van der Waals surface area (Å²) in [7, 11) is 2.07. The quantitative estimate of drug-likeness (QED) is 0.234. The molecule has 0 bridgehead atoms. The number of aryl methyl sites for hydroxylation is 2. The summed E-state index contributed by atoms with van der Waals surface area (Å²) in [6.07, 6.45) is 10.4. The zero-order valence-corrected chi connectivity index (χ0v) is 22.2. The Hall–Kier alpha value is -3.90. The Labute approximate surface area is 224 Å². The predicted octanol–water partition coefficient (Wildman–Crippen LogP) is 8.61. The molecule has 0 N–H and O–H groups in total. The van der Waals surface area contributed by atoms with Gasteiger partial charge in [-0.25, -0.2) is 4.57 Å². The van der Waals surface area contributed by atoms with Crippen LogP contribution in [0.5, 0.6) is 0 Å². The third kappa shape index (κ3) is 3.66. The molecular formula is C35H33N2O+. The van der Waals surface area contributed by atoms with E-state index in [4.69, 9.17) is 4.42 Å². The van der Waals surface area contributed by atoms with Crippen molar-refractivity contribution in [2.24, 2.45) is 18.9 Å². The zero-order valence-electron chi connectivity index (χ0n) is 22.2. The third-order valence-corrected chi connectivity index (χ3v) is 9.41. The van der Waals surface area contributed by atoms with Crippen LogP contribution in [0.2, 0.25) is 0 Å². The van der Waals surface area contributed by atoms with Gasteiger partial charge in [-0.1, -0.05) is 55.7 Å². The van der Waals surface area contributed by atoms with Crippen LogP contribution in [-0.2, 0) is 7.05 Å². The van der Waals surface area contributed by atoms with Crippen LogP contribution >= 0.6 is 0 Å². The van der Waals surface area contributed by atoms with Gasteiger partial charge in [-0.3, -0.25) is 0 Å². The van der Waals surface area contributed by atoms with Crippen LogP contribution in [-0.4, -0.2) is 0 Å². The van der Waals surface area contributed by atoms with Gasteiger partial charge in [0.05, 0.1) is 17.2 Å². The Balaban J connectivity index is 1.36. The molecule has 38 heavy (non-hydrogen) atoms. The Morgan fingerprint density at radius 3 is 2.37 bits per heavy atom. The number of fused-ring (bicyclic) bond motifs is 4. The smallest absolute Gasteiger partial charge is 0.216 e. The van der Waals surface area contributed by atoms with Gasteiger partial charge in [0.2, 0.25) is 5.69 Å². The fourth-order valence-electron chi connectivity index (χ4n) is 7.41. The molecule has 2 fully saturated rings. The third-order valence-electron chi connectivity index (χ3n) is 9.41. The number of nitrogens with zero attached hydrogens (tertiary/aromatic N) is 2. The van der Waals surface area contributed by atoms with Crippen LogP contribution in [0, 0.1) is 30.1 Å². The minimum Gasteiger partial charge on any atom is -0.454 e. The van der Waals surface area contributed by atoms with E-state index in [0.29, 0.717) is 11.5 Å². The summed E-state index contributed by atoms with van der Waals surface area (Å²) in [6, 6.07) is 26.0. The lowest BCUT2D eigenvalue weighted by atomic mass is 9.73. The number of aromatic nitrogens is 1. The van der Waals surface area contributed by atoms with E-state index in [1.165, 1.54) is 49.7 Å². The SMILES string of the molecule is Cc1ccc2c(oc3c(-c4ccc(C5CCC6CCCC6C5)cc4)c(C#N)ccc32)c1-c1cccc[n+]1C. The molecule has 7 rings (SSSR count). The number of rotatable bonds is 3. The summed E-state index contributed by atoms with van der Waals surface area (Å²) in [4.78, 5) is 0. The first-order valence-electron chi connectivity index (χ1n) is 14.1. The van der Waals surface area contributed by atoms with Gasteiger partial charge < -0.3 is 4.42 Å². The van der Waals surface area contributed by atoms with Crippen LogP contribution in [0.3, 0.4) is 0 Å². The molecule has 3 unspecified atom stereocenters. The molecule has 188 valence electrons. The molecule has 3 nitrogen and oxygen atoms in total. The molecule has 0 spiro atoms. The molecule has 0 radical (unpaired) electrons. The van der Waals surface area contributed by atoms with Crippen LogP contribution in [0.25, 0.3) is 44.3 Å². The van der Waals surface area contributed by atoms with Gasteiger partial charge in [0.15, 0.2) is 6.20 Å². The van der Waals surface area contributed by atoms with Gasteiger partial charge >= 0.3 is 0 Å². The van der Waals surface area contributed by atoms with Crippen molar-refractivity contribution in [3.8, 4) is 28.5 Å². The molecule has 2 aliphatic rings. The first-order chi connectivity index (χ1) is 18.6. The van der Waals surface area contributed by atoms with Gasteiger partial charge in [-0.05, 0) is 78.8 Å². The highest BCUT2D eigenvalue weighted by Crippen LogP contribution is 2.48. The molecule has 3 heteroatoms. The Bertz CT molecular complexity index is 1720. The van der Waals surface area contributed by atoms with Gasteiger partial charge in [-0.15, -0.1) is 0 Å². The first-order valence-corrected chi connectivity index (χ1v) is 14.1. The highest BCUT2D eigenvalue weighted by Gasteiger charge is 2.34. The average molecular weight is 498 g/mol. The van der Waals surface area contributed by atoms with Crippen molar-refractivity contribution in [3.63, 3.8) is 0 Å². The van der Waals surface area contributed by atoms with E-state index in [9.17, 15) is 5.26 Å². The van der Waals surface area contributed by atoms with Gasteiger partial charge in [0.1, 0.15) is 18.2 Å². The molecule has 2 aliphatic carbocycles. The second kappa shape index (κ2) is 9.14.